The second-order valence-corrected chi connectivity index (χ2v) is 8.02. The Morgan fingerprint density at radius 1 is 1.18 bits per heavy atom. The zero-order chi connectivity index (χ0) is 20.3. The molecule has 1 N–H and O–H groups in total. The summed E-state index contributed by atoms with van der Waals surface area (Å²) in [4.78, 5) is 24.2. The average Bonchev–Trinajstić information content (AvgIpc) is 3.10. The molecule has 1 aliphatic rings. The predicted octanol–water partition coefficient (Wildman–Crippen LogP) is 5.04. The zero-order valence-corrected chi connectivity index (χ0v) is 16.5. The van der Waals surface area contributed by atoms with Crippen LogP contribution in [0, 0.1) is 11.6 Å². The number of pyridine rings is 1. The van der Waals surface area contributed by atoms with E-state index in [1.165, 1.54) is 28.5 Å². The number of aryl methyl sites for hydroxylation is 1. The van der Waals surface area contributed by atoms with Crippen LogP contribution in [-0.4, -0.2) is 21.4 Å². The molecule has 0 bridgehead atoms. The van der Waals surface area contributed by atoms with Gasteiger partial charge in [-0.05, 0) is 36.1 Å². The molecule has 1 atom stereocenters. The monoisotopic (exact) mass is 407 g/mol. The number of nitrogens with zero attached hydrogens (tertiary/aromatic N) is 1. The van der Waals surface area contributed by atoms with E-state index >= 15 is 0 Å². The second kappa shape index (κ2) is 8.90. The van der Waals surface area contributed by atoms with E-state index in [0.717, 1.165) is 49.8 Å². The van der Waals surface area contributed by atoms with Crippen molar-refractivity contribution >= 4 is 17.7 Å². The molecule has 1 aromatic heterocycles. The van der Waals surface area contributed by atoms with Crippen LogP contribution in [0.25, 0.3) is 11.1 Å². The van der Waals surface area contributed by atoms with Gasteiger partial charge in [-0.15, -0.1) is 11.8 Å². The Morgan fingerprint density at radius 3 is 2.61 bits per heavy atom. The average molecular weight is 407 g/mol. The number of thioether (sulfide) groups is 1. The lowest BCUT2D eigenvalue weighted by Gasteiger charge is -2.17. The van der Waals surface area contributed by atoms with Gasteiger partial charge in [0.25, 0.3) is 5.56 Å². The fraction of sp³-hybridized carbons (Fsp3) is 0.429. The molecule has 0 radical (unpaired) electrons. The summed E-state index contributed by atoms with van der Waals surface area (Å²) in [6.07, 6.45) is 5.93. The Morgan fingerprint density at radius 2 is 1.93 bits per heavy atom. The van der Waals surface area contributed by atoms with E-state index < -0.39 is 23.6 Å². The molecule has 1 aliphatic heterocycles. The first-order valence-corrected chi connectivity index (χ1v) is 10.5. The first-order chi connectivity index (χ1) is 13.4. The third-order valence-electron chi connectivity index (χ3n) is 5.02. The van der Waals surface area contributed by atoms with Gasteiger partial charge >= 0.3 is 5.97 Å². The molecule has 1 aromatic carbocycles. The van der Waals surface area contributed by atoms with Gasteiger partial charge in [-0.1, -0.05) is 38.7 Å². The standard InChI is InChI=1S/C21H23F2NO3S/c1-2-3-4-5-6-7-13-11-18(25)24-17(21(26)27)12-28-20(24)19(13)14-8-9-15(22)16(23)10-14/h8-11,17H,2-7,12H2,1H3,(H,26,27)/t17-/m1/s1. The Hall–Kier alpha value is -2.15. The Bertz CT molecular complexity index is 942. The van der Waals surface area contributed by atoms with Gasteiger partial charge < -0.3 is 5.11 Å². The molecule has 3 rings (SSSR count). The number of benzene rings is 1. The number of carbonyl (C=O) groups is 1. The van der Waals surface area contributed by atoms with Gasteiger partial charge in [0, 0.05) is 17.4 Å². The maximum atomic E-state index is 13.9. The van der Waals surface area contributed by atoms with E-state index in [1.807, 2.05) is 0 Å². The van der Waals surface area contributed by atoms with Gasteiger partial charge in [0.1, 0.15) is 6.04 Å². The summed E-state index contributed by atoms with van der Waals surface area (Å²) in [5, 5.41) is 9.96. The van der Waals surface area contributed by atoms with Gasteiger partial charge in [0.2, 0.25) is 0 Å². The zero-order valence-electron chi connectivity index (χ0n) is 15.7. The minimum Gasteiger partial charge on any atom is -0.480 e. The van der Waals surface area contributed by atoms with Gasteiger partial charge in [-0.2, -0.15) is 0 Å². The first-order valence-electron chi connectivity index (χ1n) is 9.53. The van der Waals surface area contributed by atoms with Crippen LogP contribution in [0.15, 0.2) is 34.1 Å². The first kappa shape index (κ1) is 20.6. The molecule has 2 heterocycles. The molecular formula is C21H23F2NO3S. The second-order valence-electron chi connectivity index (χ2n) is 7.02. The predicted molar refractivity (Wildman–Crippen MR) is 106 cm³/mol. The minimum absolute atomic E-state index is 0.237. The number of aromatic nitrogens is 1. The third-order valence-corrected chi connectivity index (χ3v) is 6.18. The van der Waals surface area contributed by atoms with Gasteiger partial charge in [-0.3, -0.25) is 9.36 Å². The van der Waals surface area contributed by atoms with Crippen LogP contribution in [0.5, 0.6) is 0 Å². The number of unbranched alkanes of at least 4 members (excludes halogenated alkanes) is 4. The van der Waals surface area contributed by atoms with Crippen molar-refractivity contribution in [3.05, 3.63) is 51.8 Å². The molecule has 150 valence electrons. The lowest BCUT2D eigenvalue weighted by Crippen LogP contribution is -2.29. The summed E-state index contributed by atoms with van der Waals surface area (Å²) in [5.74, 6) is -2.74. The Balaban J connectivity index is 2.06. The van der Waals surface area contributed by atoms with Crippen molar-refractivity contribution in [1.82, 2.24) is 4.57 Å². The normalized spacial score (nSPS) is 15.6. The highest BCUT2D eigenvalue weighted by atomic mass is 32.2. The van der Waals surface area contributed by atoms with E-state index in [4.69, 9.17) is 0 Å². The number of carboxylic acid groups (broad SMARTS) is 1. The molecule has 2 aromatic rings. The van der Waals surface area contributed by atoms with Crippen LogP contribution >= 0.6 is 11.8 Å². The number of carboxylic acids is 1. The molecular weight excluding hydrogens is 384 g/mol. The molecule has 0 spiro atoms. The van der Waals surface area contributed by atoms with Crippen LogP contribution in [0.4, 0.5) is 8.78 Å². The quantitative estimate of drug-likeness (QED) is 0.623. The maximum absolute atomic E-state index is 13.9. The lowest BCUT2D eigenvalue weighted by atomic mass is 9.96. The van der Waals surface area contributed by atoms with Crippen molar-refractivity contribution in [2.75, 3.05) is 5.75 Å². The van der Waals surface area contributed by atoms with Crippen LogP contribution in [0.1, 0.15) is 50.6 Å². The van der Waals surface area contributed by atoms with Crippen LogP contribution < -0.4 is 5.56 Å². The summed E-state index contributed by atoms with van der Waals surface area (Å²) in [6, 6.07) is 4.17. The van der Waals surface area contributed by atoms with Gasteiger partial charge in [0.05, 0.1) is 5.03 Å². The number of hydrogen-bond donors (Lipinski definition) is 1. The third kappa shape index (κ3) is 4.14. The van der Waals surface area contributed by atoms with Crippen molar-refractivity contribution < 1.29 is 18.7 Å². The molecule has 0 fully saturated rings. The fourth-order valence-corrected chi connectivity index (χ4v) is 4.93. The molecule has 0 saturated heterocycles. The summed E-state index contributed by atoms with van der Waals surface area (Å²) in [6.45, 7) is 2.14. The van der Waals surface area contributed by atoms with Crippen molar-refractivity contribution in [3.8, 4) is 11.1 Å². The van der Waals surface area contributed by atoms with E-state index in [9.17, 15) is 23.5 Å². The fourth-order valence-electron chi connectivity index (χ4n) is 3.58. The van der Waals surface area contributed by atoms with Gasteiger partial charge in [0.15, 0.2) is 11.6 Å². The van der Waals surface area contributed by atoms with Crippen LogP contribution in [-0.2, 0) is 11.2 Å². The lowest BCUT2D eigenvalue weighted by molar-refractivity contribution is -0.140. The molecule has 0 amide bonds. The smallest absolute Gasteiger partial charge is 0.327 e. The van der Waals surface area contributed by atoms with E-state index in [-0.39, 0.29) is 11.3 Å². The number of aliphatic carboxylic acids is 1. The minimum atomic E-state index is -1.07. The van der Waals surface area contributed by atoms with Crippen molar-refractivity contribution in [2.24, 2.45) is 0 Å². The molecule has 0 aliphatic carbocycles. The van der Waals surface area contributed by atoms with E-state index in [0.29, 0.717) is 22.6 Å². The summed E-state index contributed by atoms with van der Waals surface area (Å²) >= 11 is 1.28. The maximum Gasteiger partial charge on any atom is 0.327 e. The Labute approximate surface area is 166 Å². The number of halogens is 2. The van der Waals surface area contributed by atoms with Crippen molar-refractivity contribution in [2.45, 2.75) is 56.5 Å². The van der Waals surface area contributed by atoms with Crippen molar-refractivity contribution in [1.29, 1.82) is 0 Å². The highest BCUT2D eigenvalue weighted by molar-refractivity contribution is 7.99. The van der Waals surface area contributed by atoms with Crippen LogP contribution in [0.3, 0.4) is 0 Å². The molecule has 28 heavy (non-hydrogen) atoms. The summed E-state index contributed by atoms with van der Waals surface area (Å²) in [5.41, 5.74) is 1.51. The highest BCUT2D eigenvalue weighted by Gasteiger charge is 2.33. The number of rotatable bonds is 8. The van der Waals surface area contributed by atoms with E-state index in [1.54, 1.807) is 0 Å². The Kier molecular flexibility index (Phi) is 6.54. The largest absolute Gasteiger partial charge is 0.480 e. The molecule has 7 heteroatoms. The number of fused-ring (bicyclic) bond motifs is 1. The van der Waals surface area contributed by atoms with Crippen LogP contribution in [0.2, 0.25) is 0 Å². The summed E-state index contributed by atoms with van der Waals surface area (Å²) < 4.78 is 28.6. The molecule has 0 unspecified atom stereocenters. The number of hydrogen-bond acceptors (Lipinski definition) is 3. The SMILES string of the molecule is CCCCCCCc1cc(=O)n2c(c1-c1ccc(F)c(F)c1)SC[C@@H]2C(=O)O. The molecule has 0 saturated carbocycles. The molecule has 4 nitrogen and oxygen atoms in total. The summed E-state index contributed by atoms with van der Waals surface area (Å²) in [7, 11) is 0. The topological polar surface area (TPSA) is 59.3 Å². The van der Waals surface area contributed by atoms with Crippen molar-refractivity contribution in [3.63, 3.8) is 0 Å². The van der Waals surface area contributed by atoms with Gasteiger partial charge in [-0.25, -0.2) is 13.6 Å². The van der Waals surface area contributed by atoms with E-state index in [2.05, 4.69) is 6.92 Å². The highest BCUT2D eigenvalue weighted by Crippen LogP contribution is 2.41.